The van der Waals surface area contributed by atoms with Crippen molar-refractivity contribution >= 4 is 0 Å². The smallest absolute Gasteiger partial charge is 0.123 e. The van der Waals surface area contributed by atoms with Crippen LogP contribution < -0.4 is 10.1 Å². The predicted molar refractivity (Wildman–Crippen MR) is 85.5 cm³/mol. The van der Waals surface area contributed by atoms with Crippen LogP contribution >= 0.6 is 0 Å². The van der Waals surface area contributed by atoms with Crippen LogP contribution in [-0.4, -0.2) is 18.7 Å². The molecule has 0 atom stereocenters. The van der Waals surface area contributed by atoms with Crippen molar-refractivity contribution in [2.45, 2.75) is 64.4 Å². The molecule has 0 amide bonds. The lowest BCUT2D eigenvalue weighted by Crippen LogP contribution is -2.45. The van der Waals surface area contributed by atoms with Crippen LogP contribution in [0, 0.1) is 0 Å². The van der Waals surface area contributed by atoms with Gasteiger partial charge in [-0.25, -0.2) is 0 Å². The lowest BCUT2D eigenvalue weighted by atomic mass is 9.77. The van der Waals surface area contributed by atoms with Crippen LogP contribution in [0.5, 0.6) is 5.75 Å². The van der Waals surface area contributed by atoms with Crippen molar-refractivity contribution in [3.8, 4) is 5.75 Å². The molecule has 0 bridgehead atoms. The fourth-order valence-electron chi connectivity index (χ4n) is 2.88. The molecule has 1 aromatic rings. The van der Waals surface area contributed by atoms with E-state index >= 15 is 0 Å². The molecule has 0 aromatic heterocycles. The second kappa shape index (κ2) is 6.17. The van der Waals surface area contributed by atoms with Gasteiger partial charge in [0, 0.05) is 0 Å². The molecule has 0 unspecified atom stereocenters. The summed E-state index contributed by atoms with van der Waals surface area (Å²) in [5.74, 6) is 1.08. The van der Waals surface area contributed by atoms with E-state index < -0.39 is 0 Å². The first-order chi connectivity index (χ1) is 9.47. The zero-order valence-electron chi connectivity index (χ0n) is 13.5. The Morgan fingerprint density at radius 2 is 1.90 bits per heavy atom. The third kappa shape index (κ3) is 3.54. The Morgan fingerprint density at radius 3 is 2.45 bits per heavy atom. The first-order valence-corrected chi connectivity index (χ1v) is 7.96. The van der Waals surface area contributed by atoms with Gasteiger partial charge in [-0.15, -0.1) is 0 Å². The minimum absolute atomic E-state index is 0.0729. The molecule has 20 heavy (non-hydrogen) atoms. The molecule has 0 heterocycles. The van der Waals surface area contributed by atoms with Gasteiger partial charge in [-0.1, -0.05) is 45.9 Å². The molecule has 2 heteroatoms. The molecule has 112 valence electrons. The molecule has 1 aliphatic carbocycles. The van der Waals surface area contributed by atoms with E-state index in [9.17, 15) is 0 Å². The maximum absolute atomic E-state index is 6.50. The Kier molecular flexibility index (Phi) is 4.74. The summed E-state index contributed by atoms with van der Waals surface area (Å²) in [7, 11) is 0. The molecule has 0 saturated heterocycles. The largest absolute Gasteiger partial charge is 0.487 e. The number of nitrogens with one attached hydrogen (secondary N) is 1. The van der Waals surface area contributed by atoms with Crippen LogP contribution in [0.1, 0.15) is 58.9 Å². The maximum atomic E-state index is 6.50. The van der Waals surface area contributed by atoms with Gasteiger partial charge >= 0.3 is 0 Å². The molecule has 2 nitrogen and oxygen atoms in total. The fraction of sp³-hybridized carbons (Fsp3) is 0.667. The second-order valence-electron chi connectivity index (χ2n) is 6.99. The van der Waals surface area contributed by atoms with Gasteiger partial charge in [0.05, 0.1) is 0 Å². The van der Waals surface area contributed by atoms with Crippen molar-refractivity contribution in [2.24, 2.45) is 0 Å². The molecule has 0 spiro atoms. The van der Waals surface area contributed by atoms with Crippen molar-refractivity contribution in [3.63, 3.8) is 0 Å². The Morgan fingerprint density at radius 1 is 1.20 bits per heavy atom. The minimum Gasteiger partial charge on any atom is -0.487 e. The molecule has 1 N–H and O–H groups in total. The monoisotopic (exact) mass is 275 g/mol. The summed E-state index contributed by atoms with van der Waals surface area (Å²) in [4.78, 5) is 0. The molecule has 1 aliphatic rings. The highest BCUT2D eigenvalue weighted by Gasteiger charge is 2.39. The molecule has 2 rings (SSSR count). The standard InChI is InChI=1S/C18H29NO/c1-5-19-14-13-18(11-8-12-18)20-16-10-7-6-9-15(16)17(2,3)4/h6-7,9-10,19H,5,8,11-14H2,1-4H3. The quantitative estimate of drug-likeness (QED) is 0.782. The number of ether oxygens (including phenoxy) is 1. The van der Waals surface area contributed by atoms with E-state index in [0.717, 1.165) is 25.3 Å². The van der Waals surface area contributed by atoms with Gasteiger partial charge in [0.15, 0.2) is 0 Å². The maximum Gasteiger partial charge on any atom is 0.123 e. The van der Waals surface area contributed by atoms with Gasteiger partial charge in [0.1, 0.15) is 11.4 Å². The topological polar surface area (TPSA) is 21.3 Å². The van der Waals surface area contributed by atoms with E-state index in [0.29, 0.717) is 0 Å². The summed E-state index contributed by atoms with van der Waals surface area (Å²) < 4.78 is 6.50. The van der Waals surface area contributed by atoms with Crippen molar-refractivity contribution in [1.82, 2.24) is 5.32 Å². The van der Waals surface area contributed by atoms with Crippen LogP contribution in [-0.2, 0) is 5.41 Å². The van der Waals surface area contributed by atoms with E-state index in [1.165, 1.54) is 24.8 Å². The van der Waals surface area contributed by atoms with Crippen LogP contribution in [0.4, 0.5) is 0 Å². The van der Waals surface area contributed by atoms with Crippen molar-refractivity contribution in [1.29, 1.82) is 0 Å². The van der Waals surface area contributed by atoms with Gasteiger partial charge in [0.25, 0.3) is 0 Å². The fourth-order valence-corrected chi connectivity index (χ4v) is 2.88. The van der Waals surface area contributed by atoms with Crippen LogP contribution in [0.25, 0.3) is 0 Å². The average Bonchev–Trinajstić information content (AvgIpc) is 2.35. The predicted octanol–water partition coefficient (Wildman–Crippen LogP) is 4.29. The molecule has 0 radical (unpaired) electrons. The summed E-state index contributed by atoms with van der Waals surface area (Å²) in [5, 5.41) is 3.42. The number of para-hydroxylation sites is 1. The van der Waals surface area contributed by atoms with Crippen LogP contribution in [0.2, 0.25) is 0 Å². The third-order valence-electron chi connectivity index (χ3n) is 4.29. The second-order valence-corrected chi connectivity index (χ2v) is 6.99. The highest BCUT2D eigenvalue weighted by molar-refractivity contribution is 5.39. The minimum atomic E-state index is 0.0729. The number of hydrogen-bond acceptors (Lipinski definition) is 2. The first kappa shape index (κ1) is 15.4. The van der Waals surface area contributed by atoms with Gasteiger partial charge in [0.2, 0.25) is 0 Å². The summed E-state index contributed by atoms with van der Waals surface area (Å²) in [5.41, 5.74) is 1.52. The lowest BCUT2D eigenvalue weighted by Gasteiger charge is -2.43. The van der Waals surface area contributed by atoms with Crippen LogP contribution in [0.15, 0.2) is 24.3 Å². The van der Waals surface area contributed by atoms with E-state index in [4.69, 9.17) is 4.74 Å². The lowest BCUT2D eigenvalue weighted by molar-refractivity contribution is -0.0154. The zero-order chi connectivity index (χ0) is 14.6. The molecular weight excluding hydrogens is 246 g/mol. The van der Waals surface area contributed by atoms with E-state index in [1.54, 1.807) is 0 Å². The highest BCUT2D eigenvalue weighted by Crippen LogP contribution is 2.42. The van der Waals surface area contributed by atoms with Gasteiger partial charge < -0.3 is 10.1 Å². The molecule has 1 aromatic carbocycles. The molecular formula is C18H29NO. The summed E-state index contributed by atoms with van der Waals surface area (Å²) in [6.45, 7) is 11.0. The van der Waals surface area contributed by atoms with Gasteiger partial charge in [-0.2, -0.15) is 0 Å². The Balaban J connectivity index is 2.12. The van der Waals surface area contributed by atoms with Crippen molar-refractivity contribution in [2.75, 3.05) is 13.1 Å². The van der Waals surface area contributed by atoms with E-state index in [-0.39, 0.29) is 11.0 Å². The van der Waals surface area contributed by atoms with Gasteiger partial charge in [-0.05, 0) is 55.8 Å². The number of benzene rings is 1. The molecule has 1 saturated carbocycles. The molecule has 1 fully saturated rings. The summed E-state index contributed by atoms with van der Waals surface area (Å²) >= 11 is 0. The van der Waals surface area contributed by atoms with E-state index in [2.05, 4.69) is 57.3 Å². The number of rotatable bonds is 6. The van der Waals surface area contributed by atoms with Crippen LogP contribution in [0.3, 0.4) is 0 Å². The molecule has 0 aliphatic heterocycles. The zero-order valence-corrected chi connectivity index (χ0v) is 13.5. The van der Waals surface area contributed by atoms with Crippen molar-refractivity contribution in [3.05, 3.63) is 29.8 Å². The third-order valence-corrected chi connectivity index (χ3v) is 4.29. The van der Waals surface area contributed by atoms with Gasteiger partial charge in [-0.3, -0.25) is 0 Å². The SMILES string of the molecule is CCNCCC1(Oc2ccccc2C(C)(C)C)CCC1. The summed E-state index contributed by atoms with van der Waals surface area (Å²) in [6, 6.07) is 8.53. The normalized spacial score (nSPS) is 17.6. The van der Waals surface area contributed by atoms with E-state index in [1.807, 2.05) is 0 Å². The highest BCUT2D eigenvalue weighted by atomic mass is 16.5. The average molecular weight is 275 g/mol. The Hall–Kier alpha value is -1.02. The number of hydrogen-bond donors (Lipinski definition) is 1. The first-order valence-electron chi connectivity index (χ1n) is 7.96. The summed E-state index contributed by atoms with van der Waals surface area (Å²) in [6.07, 6.45) is 4.79. The van der Waals surface area contributed by atoms with Crippen molar-refractivity contribution < 1.29 is 4.74 Å². The Bertz CT molecular complexity index is 429. The Labute approximate surface area is 123 Å².